The molecule has 4 nitrogen and oxygen atoms in total. The minimum absolute atomic E-state index is 0.0106. The molecule has 1 heterocycles. The van der Waals surface area contributed by atoms with Gasteiger partial charge in [0, 0.05) is 29.4 Å². The average Bonchev–Trinajstić information content (AvgIpc) is 2.86. The third-order valence-electron chi connectivity index (χ3n) is 5.59. The second-order valence-electron chi connectivity index (χ2n) is 8.10. The van der Waals surface area contributed by atoms with E-state index in [9.17, 15) is 26.3 Å². The van der Waals surface area contributed by atoms with Gasteiger partial charge in [-0.15, -0.1) is 0 Å². The topological polar surface area (TPSA) is 36.9 Å². The van der Waals surface area contributed by atoms with Crippen LogP contribution in [0.2, 0.25) is 0 Å². The van der Waals surface area contributed by atoms with Crippen LogP contribution in [0.3, 0.4) is 0 Å². The standard InChI is InChI=1S/C27H22F6O4/c1-2-34-20-14-35-26(36-15-20)18-4-7-21(24(30)12-18)17-5-8-22(25(31)11-17)27(32,33)37-19-6-3-16(9-10-28)23(29)13-19/h3-13,20,26H,2,14-15H2,1H3/b10-9+. The molecule has 1 aliphatic heterocycles. The zero-order valence-electron chi connectivity index (χ0n) is 19.5. The van der Waals surface area contributed by atoms with Crippen LogP contribution in [0.15, 0.2) is 60.9 Å². The second-order valence-corrected chi connectivity index (χ2v) is 8.10. The van der Waals surface area contributed by atoms with Crippen LogP contribution in [0, 0.1) is 17.5 Å². The Labute approximate surface area is 209 Å². The number of rotatable bonds is 8. The van der Waals surface area contributed by atoms with Gasteiger partial charge in [0.2, 0.25) is 0 Å². The maximum absolute atomic E-state index is 14.9. The van der Waals surface area contributed by atoms with E-state index >= 15 is 0 Å². The summed E-state index contributed by atoms with van der Waals surface area (Å²) in [4.78, 5) is 0. The summed E-state index contributed by atoms with van der Waals surface area (Å²) in [7, 11) is 0. The molecular weight excluding hydrogens is 502 g/mol. The molecule has 0 bridgehead atoms. The molecule has 0 spiro atoms. The normalized spacial score (nSPS) is 18.4. The fourth-order valence-electron chi connectivity index (χ4n) is 3.82. The SMILES string of the molecule is CCOC1COC(c2ccc(-c3ccc(C(F)(F)Oc4ccc(/C=C/F)c(F)c4)c(F)c3)c(F)c2)OC1. The minimum Gasteiger partial charge on any atom is -0.429 e. The number of hydrogen-bond donors (Lipinski definition) is 0. The highest BCUT2D eigenvalue weighted by Gasteiger charge is 2.38. The number of hydrogen-bond acceptors (Lipinski definition) is 4. The van der Waals surface area contributed by atoms with Gasteiger partial charge in [0.05, 0.1) is 25.1 Å². The molecule has 0 aliphatic carbocycles. The maximum atomic E-state index is 14.9. The van der Waals surface area contributed by atoms with Crippen molar-refractivity contribution in [2.75, 3.05) is 19.8 Å². The van der Waals surface area contributed by atoms with E-state index in [0.29, 0.717) is 18.2 Å². The van der Waals surface area contributed by atoms with E-state index in [1.165, 1.54) is 18.2 Å². The van der Waals surface area contributed by atoms with E-state index in [2.05, 4.69) is 4.74 Å². The lowest BCUT2D eigenvalue weighted by Gasteiger charge is -2.29. The average molecular weight is 524 g/mol. The van der Waals surface area contributed by atoms with Gasteiger partial charge in [-0.05, 0) is 48.9 Å². The van der Waals surface area contributed by atoms with Crippen molar-refractivity contribution in [3.63, 3.8) is 0 Å². The molecule has 0 radical (unpaired) electrons. The molecule has 0 amide bonds. The van der Waals surface area contributed by atoms with Crippen LogP contribution in [0.1, 0.15) is 29.9 Å². The summed E-state index contributed by atoms with van der Waals surface area (Å²) in [6.45, 7) is 2.90. The molecule has 0 unspecified atom stereocenters. The zero-order chi connectivity index (χ0) is 26.6. The summed E-state index contributed by atoms with van der Waals surface area (Å²) in [6, 6.07) is 9.34. The highest BCUT2D eigenvalue weighted by Crippen LogP contribution is 2.36. The van der Waals surface area contributed by atoms with Gasteiger partial charge in [-0.25, -0.2) is 17.6 Å². The lowest BCUT2D eigenvalue weighted by Crippen LogP contribution is -2.33. The minimum atomic E-state index is -4.18. The van der Waals surface area contributed by atoms with Crippen molar-refractivity contribution in [1.82, 2.24) is 0 Å². The smallest absolute Gasteiger partial charge is 0.429 e. The molecule has 0 N–H and O–H groups in total. The van der Waals surface area contributed by atoms with Gasteiger partial charge in [0.25, 0.3) is 0 Å². The van der Waals surface area contributed by atoms with Gasteiger partial charge in [-0.1, -0.05) is 18.2 Å². The summed E-state index contributed by atoms with van der Waals surface area (Å²) in [5.41, 5.74) is -0.933. The number of alkyl halides is 2. The first-order valence-corrected chi connectivity index (χ1v) is 11.3. The summed E-state index contributed by atoms with van der Waals surface area (Å²) >= 11 is 0. The molecule has 1 saturated heterocycles. The molecule has 4 rings (SSSR count). The summed E-state index contributed by atoms with van der Waals surface area (Å²) in [5.74, 6) is -3.69. The fourth-order valence-corrected chi connectivity index (χ4v) is 3.82. The van der Waals surface area contributed by atoms with Crippen molar-refractivity contribution in [3.8, 4) is 16.9 Å². The Balaban J connectivity index is 1.50. The highest BCUT2D eigenvalue weighted by atomic mass is 19.3. The molecule has 10 heteroatoms. The Kier molecular flexibility index (Phi) is 8.21. The Bertz CT molecular complexity index is 1270. The predicted molar refractivity (Wildman–Crippen MR) is 123 cm³/mol. The van der Waals surface area contributed by atoms with Crippen molar-refractivity contribution < 1.29 is 45.3 Å². The largest absolute Gasteiger partial charge is 0.429 e. The zero-order valence-corrected chi connectivity index (χ0v) is 19.5. The number of benzene rings is 3. The van der Waals surface area contributed by atoms with Crippen LogP contribution in [0.25, 0.3) is 17.2 Å². The van der Waals surface area contributed by atoms with Crippen LogP contribution in [0.4, 0.5) is 26.3 Å². The van der Waals surface area contributed by atoms with Crippen LogP contribution >= 0.6 is 0 Å². The summed E-state index contributed by atoms with van der Waals surface area (Å²) in [5, 5.41) is 0. The van der Waals surface area contributed by atoms with Crippen molar-refractivity contribution >= 4 is 6.08 Å². The molecule has 0 atom stereocenters. The van der Waals surface area contributed by atoms with Gasteiger partial charge in [0.1, 0.15) is 29.3 Å². The summed E-state index contributed by atoms with van der Waals surface area (Å²) in [6.07, 6.45) is -4.30. The number of halogens is 6. The quantitative estimate of drug-likeness (QED) is 0.290. The van der Waals surface area contributed by atoms with Crippen molar-refractivity contribution in [3.05, 3.63) is 95.1 Å². The van der Waals surface area contributed by atoms with E-state index in [1.54, 1.807) is 0 Å². The monoisotopic (exact) mass is 524 g/mol. The molecule has 3 aromatic rings. The van der Waals surface area contributed by atoms with Crippen molar-refractivity contribution in [2.45, 2.75) is 25.4 Å². The predicted octanol–water partition coefficient (Wildman–Crippen LogP) is 7.29. The first kappa shape index (κ1) is 26.7. The Hall–Kier alpha value is -3.34. The fraction of sp³-hybridized carbons (Fsp3) is 0.259. The Morgan fingerprint density at radius 1 is 0.919 bits per heavy atom. The molecule has 196 valence electrons. The molecule has 37 heavy (non-hydrogen) atoms. The summed E-state index contributed by atoms with van der Waals surface area (Å²) < 4.78 is 106. The first-order valence-electron chi connectivity index (χ1n) is 11.3. The number of ether oxygens (including phenoxy) is 4. The van der Waals surface area contributed by atoms with Gasteiger partial charge < -0.3 is 18.9 Å². The molecule has 1 fully saturated rings. The van der Waals surface area contributed by atoms with E-state index in [4.69, 9.17) is 14.2 Å². The van der Waals surface area contributed by atoms with Crippen LogP contribution < -0.4 is 4.74 Å². The van der Waals surface area contributed by atoms with Gasteiger partial charge in [-0.2, -0.15) is 8.78 Å². The van der Waals surface area contributed by atoms with E-state index < -0.39 is 41.2 Å². The lowest BCUT2D eigenvalue weighted by atomic mass is 10.0. The van der Waals surface area contributed by atoms with Crippen LogP contribution in [0.5, 0.6) is 5.75 Å². The van der Waals surface area contributed by atoms with Crippen LogP contribution in [-0.4, -0.2) is 25.9 Å². The first-order chi connectivity index (χ1) is 17.7. The van der Waals surface area contributed by atoms with E-state index in [-0.39, 0.29) is 42.3 Å². The molecule has 0 aromatic heterocycles. The van der Waals surface area contributed by atoms with Crippen molar-refractivity contribution in [1.29, 1.82) is 0 Å². The van der Waals surface area contributed by atoms with E-state index in [0.717, 1.165) is 36.4 Å². The molecule has 1 aliphatic rings. The molecule has 0 saturated carbocycles. The van der Waals surface area contributed by atoms with Gasteiger partial charge in [0.15, 0.2) is 6.29 Å². The highest BCUT2D eigenvalue weighted by molar-refractivity contribution is 5.65. The Morgan fingerprint density at radius 3 is 2.30 bits per heavy atom. The molecular formula is C27H22F6O4. The lowest BCUT2D eigenvalue weighted by molar-refractivity contribution is -0.229. The Morgan fingerprint density at radius 2 is 1.68 bits per heavy atom. The van der Waals surface area contributed by atoms with Crippen LogP contribution in [-0.2, 0) is 20.3 Å². The van der Waals surface area contributed by atoms with Gasteiger partial charge in [-0.3, -0.25) is 0 Å². The molecule has 3 aromatic carbocycles. The van der Waals surface area contributed by atoms with Crippen molar-refractivity contribution in [2.24, 2.45) is 0 Å². The third kappa shape index (κ3) is 6.15. The van der Waals surface area contributed by atoms with E-state index in [1.807, 2.05) is 6.92 Å². The van der Waals surface area contributed by atoms with Gasteiger partial charge >= 0.3 is 6.11 Å². The maximum Gasteiger partial charge on any atom is 0.429 e. The third-order valence-corrected chi connectivity index (χ3v) is 5.59. The second kappa shape index (κ2) is 11.4.